The summed E-state index contributed by atoms with van der Waals surface area (Å²) in [5, 5.41) is 0.760. The number of fused-ring (bicyclic) bond motifs is 1. The highest BCUT2D eigenvalue weighted by molar-refractivity contribution is 7.99. The Bertz CT molecular complexity index is 906. The van der Waals surface area contributed by atoms with E-state index in [1.54, 1.807) is 10.8 Å². The number of amides is 2. The molecule has 8 heteroatoms. The fourth-order valence-corrected chi connectivity index (χ4v) is 5.24. The number of hydrogen-bond donors (Lipinski definition) is 0. The number of imidazole rings is 1. The van der Waals surface area contributed by atoms with Gasteiger partial charge in [0.15, 0.2) is 0 Å². The maximum Gasteiger partial charge on any atom is 0.330 e. The molecular weight excluding hydrogens is 420 g/mol. The summed E-state index contributed by atoms with van der Waals surface area (Å²) in [5.41, 5.74) is 2.24. The molecule has 2 amide bonds. The number of rotatable bonds is 7. The van der Waals surface area contributed by atoms with Gasteiger partial charge in [-0.1, -0.05) is 23.7 Å². The maximum absolute atomic E-state index is 12.7. The molecule has 4 rings (SSSR count). The molecule has 30 heavy (non-hydrogen) atoms. The minimum Gasteiger partial charge on any atom is -0.343 e. The molecular formula is C22H27ClN4O2S. The van der Waals surface area contributed by atoms with E-state index in [2.05, 4.69) is 17.1 Å². The minimum atomic E-state index is 0.0295. The van der Waals surface area contributed by atoms with Gasteiger partial charge in [-0.25, -0.2) is 9.78 Å². The molecule has 0 spiro atoms. The summed E-state index contributed by atoms with van der Waals surface area (Å²) in [5.74, 6) is 2.83. The van der Waals surface area contributed by atoms with Gasteiger partial charge in [0.05, 0.1) is 18.4 Å². The van der Waals surface area contributed by atoms with Crippen LogP contribution in [0.15, 0.2) is 30.5 Å². The third-order valence-corrected chi connectivity index (χ3v) is 7.18. The molecule has 3 heterocycles. The van der Waals surface area contributed by atoms with Crippen molar-refractivity contribution in [3.8, 4) is 0 Å². The molecule has 2 aromatic rings. The average molecular weight is 447 g/mol. The van der Waals surface area contributed by atoms with E-state index in [1.165, 1.54) is 5.56 Å². The zero-order valence-electron chi connectivity index (χ0n) is 17.2. The molecule has 2 aliphatic heterocycles. The SMILES string of the molecule is Cc1ncc2n1C(=O)N(C1CCN(C(=O)CCSCCc3ccc(Cl)cc3)CC1)C2. The monoisotopic (exact) mass is 446 g/mol. The Kier molecular flexibility index (Phi) is 6.68. The summed E-state index contributed by atoms with van der Waals surface area (Å²) >= 11 is 7.73. The summed E-state index contributed by atoms with van der Waals surface area (Å²) in [6.45, 7) is 3.95. The van der Waals surface area contributed by atoms with E-state index >= 15 is 0 Å². The Morgan fingerprint density at radius 3 is 2.63 bits per heavy atom. The lowest BCUT2D eigenvalue weighted by atomic mass is 10.0. The van der Waals surface area contributed by atoms with Crippen LogP contribution in [0.2, 0.25) is 5.02 Å². The summed E-state index contributed by atoms with van der Waals surface area (Å²) in [6, 6.07) is 8.17. The van der Waals surface area contributed by atoms with Crippen molar-refractivity contribution in [2.24, 2.45) is 0 Å². The number of aryl methyl sites for hydroxylation is 2. The van der Waals surface area contributed by atoms with Gasteiger partial charge in [0, 0.05) is 36.3 Å². The van der Waals surface area contributed by atoms with Crippen LogP contribution in [0, 0.1) is 6.92 Å². The Balaban J connectivity index is 1.15. The molecule has 0 unspecified atom stereocenters. The number of benzene rings is 1. The van der Waals surface area contributed by atoms with Crippen LogP contribution in [0.25, 0.3) is 0 Å². The van der Waals surface area contributed by atoms with E-state index in [0.717, 1.165) is 60.4 Å². The van der Waals surface area contributed by atoms with E-state index in [1.807, 2.05) is 40.6 Å². The first-order valence-electron chi connectivity index (χ1n) is 10.5. The first-order valence-corrected chi connectivity index (χ1v) is 12.0. The lowest BCUT2D eigenvalue weighted by Crippen LogP contribution is -2.47. The first kappa shape index (κ1) is 21.2. The summed E-state index contributed by atoms with van der Waals surface area (Å²) in [7, 11) is 0. The Morgan fingerprint density at radius 1 is 1.20 bits per heavy atom. The number of halogens is 1. The van der Waals surface area contributed by atoms with Gasteiger partial charge < -0.3 is 9.80 Å². The number of nitrogens with zero attached hydrogens (tertiary/aromatic N) is 4. The van der Waals surface area contributed by atoms with Crippen LogP contribution >= 0.6 is 23.4 Å². The van der Waals surface area contributed by atoms with E-state index in [9.17, 15) is 9.59 Å². The lowest BCUT2D eigenvalue weighted by molar-refractivity contribution is -0.132. The Hall–Kier alpha value is -1.99. The molecule has 6 nitrogen and oxygen atoms in total. The average Bonchev–Trinajstić information content (AvgIpc) is 3.29. The number of piperidine rings is 1. The standard InChI is InChI=1S/C22H27ClN4O2S/c1-16-24-14-20-15-26(22(29)27(16)20)19-6-10-25(11-7-19)21(28)9-13-30-12-8-17-2-4-18(23)5-3-17/h2-5,14,19H,6-13,15H2,1H3. The molecule has 0 radical (unpaired) electrons. The fraction of sp³-hybridized carbons (Fsp3) is 0.500. The molecule has 2 aliphatic rings. The van der Waals surface area contributed by atoms with Crippen LogP contribution in [-0.2, 0) is 17.8 Å². The van der Waals surface area contributed by atoms with Crippen molar-refractivity contribution in [3.05, 3.63) is 52.6 Å². The first-order chi connectivity index (χ1) is 14.5. The lowest BCUT2D eigenvalue weighted by Gasteiger charge is -2.36. The third-order valence-electron chi connectivity index (χ3n) is 5.95. The number of carbonyl (C=O) groups is 2. The normalized spacial score (nSPS) is 16.9. The van der Waals surface area contributed by atoms with E-state index in [-0.39, 0.29) is 18.0 Å². The molecule has 0 atom stereocenters. The van der Waals surface area contributed by atoms with Gasteiger partial charge in [-0.3, -0.25) is 9.36 Å². The van der Waals surface area contributed by atoms with E-state index in [0.29, 0.717) is 13.0 Å². The summed E-state index contributed by atoms with van der Waals surface area (Å²) < 4.78 is 1.71. The van der Waals surface area contributed by atoms with Crippen LogP contribution in [0.3, 0.4) is 0 Å². The van der Waals surface area contributed by atoms with Crippen molar-refractivity contribution >= 4 is 35.3 Å². The molecule has 0 saturated carbocycles. The van der Waals surface area contributed by atoms with Gasteiger partial charge in [-0.15, -0.1) is 0 Å². The second-order valence-corrected chi connectivity index (χ2v) is 9.55. The van der Waals surface area contributed by atoms with Gasteiger partial charge in [0.1, 0.15) is 5.82 Å². The molecule has 0 bridgehead atoms. The van der Waals surface area contributed by atoms with Crippen molar-refractivity contribution in [2.45, 2.75) is 45.2 Å². The van der Waals surface area contributed by atoms with Gasteiger partial charge >= 0.3 is 6.03 Å². The molecule has 0 N–H and O–H groups in total. The van der Waals surface area contributed by atoms with Crippen molar-refractivity contribution in [3.63, 3.8) is 0 Å². The molecule has 1 saturated heterocycles. The van der Waals surface area contributed by atoms with Crippen molar-refractivity contribution in [1.29, 1.82) is 0 Å². The predicted molar refractivity (Wildman–Crippen MR) is 120 cm³/mol. The number of aromatic nitrogens is 2. The number of likely N-dealkylation sites (tertiary alicyclic amines) is 1. The van der Waals surface area contributed by atoms with Gasteiger partial charge in [0.2, 0.25) is 5.91 Å². The van der Waals surface area contributed by atoms with Crippen LogP contribution in [0.4, 0.5) is 4.79 Å². The quantitative estimate of drug-likeness (QED) is 0.603. The molecule has 1 aromatic carbocycles. The molecule has 1 aromatic heterocycles. The van der Waals surface area contributed by atoms with Gasteiger partial charge in [0.25, 0.3) is 0 Å². The predicted octanol–water partition coefficient (Wildman–Crippen LogP) is 3.99. The molecule has 1 fully saturated rings. The highest BCUT2D eigenvalue weighted by atomic mass is 35.5. The van der Waals surface area contributed by atoms with Crippen LogP contribution in [0.1, 0.15) is 36.3 Å². The Morgan fingerprint density at radius 2 is 1.93 bits per heavy atom. The molecule has 0 aliphatic carbocycles. The topological polar surface area (TPSA) is 58.4 Å². The largest absolute Gasteiger partial charge is 0.343 e. The Labute approximate surface area is 186 Å². The van der Waals surface area contributed by atoms with Crippen molar-refractivity contribution in [2.75, 3.05) is 24.6 Å². The van der Waals surface area contributed by atoms with E-state index < -0.39 is 0 Å². The highest BCUT2D eigenvalue weighted by Crippen LogP contribution is 2.26. The van der Waals surface area contributed by atoms with Crippen LogP contribution in [-0.4, -0.2) is 61.9 Å². The second-order valence-electron chi connectivity index (χ2n) is 7.89. The number of thioether (sulfide) groups is 1. The van der Waals surface area contributed by atoms with Crippen LogP contribution < -0.4 is 0 Å². The van der Waals surface area contributed by atoms with Crippen molar-refractivity contribution < 1.29 is 9.59 Å². The van der Waals surface area contributed by atoms with E-state index in [4.69, 9.17) is 11.6 Å². The number of carbonyl (C=O) groups excluding carboxylic acids is 2. The second kappa shape index (κ2) is 9.43. The zero-order valence-corrected chi connectivity index (χ0v) is 18.8. The van der Waals surface area contributed by atoms with Crippen LogP contribution in [0.5, 0.6) is 0 Å². The number of hydrogen-bond acceptors (Lipinski definition) is 4. The minimum absolute atomic E-state index is 0.0295. The van der Waals surface area contributed by atoms with Crippen molar-refractivity contribution in [1.82, 2.24) is 19.4 Å². The smallest absolute Gasteiger partial charge is 0.330 e. The van der Waals surface area contributed by atoms with Gasteiger partial charge in [-0.05, 0) is 49.6 Å². The fourth-order valence-electron chi connectivity index (χ4n) is 4.21. The third kappa shape index (κ3) is 4.67. The highest BCUT2D eigenvalue weighted by Gasteiger charge is 2.36. The maximum atomic E-state index is 12.7. The van der Waals surface area contributed by atoms with Gasteiger partial charge in [-0.2, -0.15) is 11.8 Å². The summed E-state index contributed by atoms with van der Waals surface area (Å²) in [4.78, 5) is 33.3. The zero-order chi connectivity index (χ0) is 21.1. The summed E-state index contributed by atoms with van der Waals surface area (Å²) in [6.07, 6.45) is 5.05. The molecule has 160 valence electrons.